The first kappa shape index (κ1) is 42.8. The monoisotopic (exact) mass is 612 g/mol. The van der Waals surface area contributed by atoms with Gasteiger partial charge in [0.05, 0.1) is 32.2 Å². The van der Waals surface area contributed by atoms with E-state index in [0.717, 1.165) is 30.6 Å². The number of aliphatic carboxylic acids is 1. The van der Waals surface area contributed by atoms with Gasteiger partial charge in [-0.3, -0.25) is 9.59 Å². The van der Waals surface area contributed by atoms with E-state index in [1.54, 1.807) is 19.9 Å². The lowest BCUT2D eigenvalue weighted by Gasteiger charge is -2.03. The summed E-state index contributed by atoms with van der Waals surface area (Å²) in [6.45, 7) is 15.9. The SMILES string of the molecule is C=CC(=O)OCCC(=O)O.C=CC(=O)OCCCC.C=CC(=O)OCCc1ccc(O)c(O)c1.CC(C)C(=O)OCCO. The molecule has 0 heterocycles. The number of esters is 4. The first-order valence-corrected chi connectivity index (χ1v) is 13.2. The summed E-state index contributed by atoms with van der Waals surface area (Å²) in [5.74, 6) is -3.09. The number of unbranched alkanes of at least 4 members (excludes halogenated alkanes) is 1. The van der Waals surface area contributed by atoms with Crippen LogP contribution in [-0.2, 0) is 49.3 Å². The smallest absolute Gasteiger partial charge is 0.330 e. The Bertz CT molecular complexity index is 1000. The Kier molecular flexibility index (Phi) is 28.7. The second-order valence-electron chi connectivity index (χ2n) is 8.23. The molecule has 4 N–H and O–H groups in total. The highest BCUT2D eigenvalue weighted by molar-refractivity contribution is 5.82. The van der Waals surface area contributed by atoms with E-state index in [-0.39, 0.29) is 62.2 Å². The zero-order valence-corrected chi connectivity index (χ0v) is 25.0. The van der Waals surface area contributed by atoms with Crippen molar-refractivity contribution in [2.24, 2.45) is 5.92 Å². The van der Waals surface area contributed by atoms with Crippen LogP contribution in [0.25, 0.3) is 0 Å². The summed E-state index contributed by atoms with van der Waals surface area (Å²) in [4.78, 5) is 51.7. The fourth-order valence-electron chi connectivity index (χ4n) is 2.04. The second kappa shape index (κ2) is 28.9. The minimum absolute atomic E-state index is 0.0970. The van der Waals surface area contributed by atoms with Crippen molar-refractivity contribution in [1.82, 2.24) is 0 Å². The number of hydrogen-bond donors (Lipinski definition) is 4. The van der Waals surface area contributed by atoms with Gasteiger partial charge in [0.15, 0.2) is 11.5 Å². The maximum absolute atomic E-state index is 10.7. The molecule has 242 valence electrons. The Morgan fingerprint density at radius 2 is 1.30 bits per heavy atom. The Labute approximate surface area is 252 Å². The van der Waals surface area contributed by atoms with E-state index in [1.807, 2.05) is 6.92 Å². The molecule has 1 aromatic carbocycles. The summed E-state index contributed by atoms with van der Waals surface area (Å²) in [5, 5.41) is 34.5. The van der Waals surface area contributed by atoms with Gasteiger partial charge in [0, 0.05) is 24.6 Å². The molecule has 0 bridgehead atoms. The highest BCUT2D eigenvalue weighted by Gasteiger charge is 2.06. The number of hydrogen-bond acceptors (Lipinski definition) is 12. The van der Waals surface area contributed by atoms with Gasteiger partial charge in [0.25, 0.3) is 0 Å². The number of carboxylic acids is 1. The van der Waals surface area contributed by atoms with Crippen molar-refractivity contribution in [3.63, 3.8) is 0 Å². The number of ether oxygens (including phenoxy) is 4. The van der Waals surface area contributed by atoms with Crippen LogP contribution in [0.1, 0.15) is 45.6 Å². The number of aliphatic hydroxyl groups excluding tert-OH is 1. The summed E-state index contributed by atoms with van der Waals surface area (Å²) in [6, 6.07) is 4.47. The molecule has 0 aliphatic rings. The van der Waals surface area contributed by atoms with E-state index >= 15 is 0 Å². The molecular weight excluding hydrogens is 568 g/mol. The third kappa shape index (κ3) is 30.1. The number of carboxylic acid groups (broad SMARTS) is 1. The van der Waals surface area contributed by atoms with E-state index in [0.29, 0.717) is 13.0 Å². The lowest BCUT2D eigenvalue weighted by molar-refractivity contribution is -0.148. The van der Waals surface area contributed by atoms with E-state index in [9.17, 15) is 29.1 Å². The van der Waals surface area contributed by atoms with E-state index < -0.39 is 17.9 Å². The van der Waals surface area contributed by atoms with Crippen LogP contribution in [0.3, 0.4) is 0 Å². The van der Waals surface area contributed by atoms with E-state index in [4.69, 9.17) is 20.1 Å². The molecule has 0 aliphatic carbocycles. The van der Waals surface area contributed by atoms with Gasteiger partial charge >= 0.3 is 29.8 Å². The van der Waals surface area contributed by atoms with Gasteiger partial charge in [-0.25, -0.2) is 14.4 Å². The number of rotatable bonds is 15. The molecule has 1 aromatic rings. The summed E-state index contributed by atoms with van der Waals surface area (Å²) in [5.41, 5.74) is 0.780. The predicted octanol–water partition coefficient (Wildman–Crippen LogP) is 3.25. The van der Waals surface area contributed by atoms with Crippen LogP contribution in [-0.4, -0.2) is 83.3 Å². The minimum Gasteiger partial charge on any atom is -0.504 e. The third-order valence-electron chi connectivity index (χ3n) is 4.28. The number of carbonyl (C=O) groups is 5. The molecule has 0 unspecified atom stereocenters. The molecule has 0 fully saturated rings. The zero-order valence-electron chi connectivity index (χ0n) is 25.0. The average Bonchev–Trinajstić information content (AvgIpc) is 2.98. The van der Waals surface area contributed by atoms with Crippen LogP contribution in [0, 0.1) is 5.92 Å². The summed E-state index contributed by atoms with van der Waals surface area (Å²) in [7, 11) is 0. The molecule has 0 saturated carbocycles. The number of aliphatic hydroxyl groups is 1. The quantitative estimate of drug-likeness (QED) is 0.0739. The molecule has 0 amide bonds. The normalized spacial score (nSPS) is 9.14. The maximum atomic E-state index is 10.7. The van der Waals surface area contributed by atoms with Crippen LogP contribution >= 0.6 is 0 Å². The van der Waals surface area contributed by atoms with Crippen molar-refractivity contribution in [1.29, 1.82) is 0 Å². The highest BCUT2D eigenvalue weighted by Crippen LogP contribution is 2.24. The maximum Gasteiger partial charge on any atom is 0.330 e. The Morgan fingerprint density at radius 3 is 1.72 bits per heavy atom. The minimum atomic E-state index is -0.989. The lowest BCUT2D eigenvalue weighted by Crippen LogP contribution is -2.13. The molecule has 0 aromatic heterocycles. The number of carbonyl (C=O) groups excluding carboxylic acids is 4. The van der Waals surface area contributed by atoms with Crippen LogP contribution in [0.15, 0.2) is 56.2 Å². The van der Waals surface area contributed by atoms with Gasteiger partial charge < -0.3 is 39.4 Å². The number of phenolic OH excluding ortho intramolecular Hbond substituents is 2. The predicted molar refractivity (Wildman–Crippen MR) is 157 cm³/mol. The summed E-state index contributed by atoms with van der Waals surface area (Å²) < 4.78 is 18.4. The molecule has 13 heteroatoms. The van der Waals surface area contributed by atoms with Gasteiger partial charge in [-0.15, -0.1) is 0 Å². The van der Waals surface area contributed by atoms with Gasteiger partial charge in [-0.1, -0.05) is 53.0 Å². The molecule has 0 saturated heterocycles. The van der Waals surface area contributed by atoms with Gasteiger partial charge in [-0.2, -0.15) is 0 Å². The van der Waals surface area contributed by atoms with Gasteiger partial charge in [0.2, 0.25) is 0 Å². The third-order valence-corrected chi connectivity index (χ3v) is 4.28. The van der Waals surface area contributed by atoms with Gasteiger partial charge in [0.1, 0.15) is 13.2 Å². The van der Waals surface area contributed by atoms with Crippen LogP contribution in [0.4, 0.5) is 0 Å². The second-order valence-corrected chi connectivity index (χ2v) is 8.23. The van der Waals surface area contributed by atoms with E-state index in [1.165, 1.54) is 18.2 Å². The van der Waals surface area contributed by atoms with Crippen molar-refractivity contribution in [2.75, 3.05) is 33.0 Å². The highest BCUT2D eigenvalue weighted by atomic mass is 16.5. The standard InChI is InChI=1S/C11H12O4.C7H12O2.C6H8O4.C6H12O3/c1-2-11(14)15-6-5-8-3-4-9(12)10(13)7-8;1-3-5-6-9-7(8)4-2;1-2-6(9)10-4-3-5(7)8;1-5(2)6(8)9-4-3-7/h2-4,7,12-13H,1,5-6H2;4H,2-3,5-6H2,1H3;2H,1,3-4H2,(H,7,8);5,7H,3-4H2,1-2H3. The molecule has 0 spiro atoms. The van der Waals surface area contributed by atoms with Crippen molar-refractivity contribution >= 4 is 29.8 Å². The number of phenols is 2. The summed E-state index contributed by atoms with van der Waals surface area (Å²) in [6.07, 6.45) is 5.54. The lowest BCUT2D eigenvalue weighted by atomic mass is 10.1. The molecule has 1 rings (SSSR count). The summed E-state index contributed by atoms with van der Waals surface area (Å²) >= 11 is 0. The number of benzene rings is 1. The number of aromatic hydroxyl groups is 2. The largest absolute Gasteiger partial charge is 0.504 e. The zero-order chi connectivity index (χ0) is 33.6. The van der Waals surface area contributed by atoms with Crippen molar-refractivity contribution in [3.8, 4) is 11.5 Å². The first-order valence-electron chi connectivity index (χ1n) is 13.2. The fraction of sp³-hybridized carbons (Fsp3) is 0.433. The molecule has 0 atom stereocenters. The molecular formula is C30H44O13. The first-order chi connectivity index (χ1) is 20.3. The Hall–Kier alpha value is -4.65. The van der Waals surface area contributed by atoms with Crippen molar-refractivity contribution in [2.45, 2.75) is 46.5 Å². The van der Waals surface area contributed by atoms with Crippen LogP contribution in [0.2, 0.25) is 0 Å². The molecule has 0 radical (unpaired) electrons. The van der Waals surface area contributed by atoms with Gasteiger partial charge in [-0.05, 0) is 24.1 Å². The fourth-order valence-corrected chi connectivity index (χ4v) is 2.04. The van der Waals surface area contributed by atoms with E-state index in [2.05, 4.69) is 33.9 Å². The molecule has 43 heavy (non-hydrogen) atoms. The Balaban J connectivity index is -0.000000512. The van der Waals surface area contributed by atoms with Crippen molar-refractivity contribution in [3.05, 3.63) is 61.7 Å². The topological polar surface area (TPSA) is 203 Å². The Morgan fingerprint density at radius 1 is 0.791 bits per heavy atom. The van der Waals surface area contributed by atoms with Crippen LogP contribution in [0.5, 0.6) is 11.5 Å². The van der Waals surface area contributed by atoms with Crippen molar-refractivity contribution < 1.29 is 63.3 Å². The van der Waals surface area contributed by atoms with Crippen LogP contribution < -0.4 is 0 Å². The average molecular weight is 613 g/mol. The molecule has 13 nitrogen and oxygen atoms in total. The molecule has 0 aliphatic heterocycles.